The minimum Gasteiger partial charge on any atom is -0.316 e. The van der Waals surface area contributed by atoms with Gasteiger partial charge in [0.1, 0.15) is 0 Å². The van der Waals surface area contributed by atoms with Crippen LogP contribution in [0.15, 0.2) is 0 Å². The molecule has 3 saturated heterocycles. The maximum Gasteiger partial charge on any atom is 0.0139 e. The average molecular weight is 166 g/mol. The van der Waals surface area contributed by atoms with Crippen LogP contribution in [0.25, 0.3) is 0 Å². The molecule has 0 saturated carbocycles. The number of rotatable bonds is 0. The zero-order valence-electron chi connectivity index (χ0n) is 7.63. The first-order chi connectivity index (χ1) is 5.95. The Morgan fingerprint density at radius 1 is 1.17 bits per heavy atom. The van der Waals surface area contributed by atoms with Crippen LogP contribution in [0.2, 0.25) is 0 Å². The first-order valence-electron chi connectivity index (χ1n) is 5.40. The third-order valence-corrected chi connectivity index (χ3v) is 4.02. The number of nitrogens with one attached hydrogen (secondary N) is 1. The van der Waals surface area contributed by atoms with Gasteiger partial charge in [-0.3, -0.25) is 4.90 Å². The lowest BCUT2D eigenvalue weighted by molar-refractivity contribution is 0.172. The molecule has 3 aliphatic rings. The maximum absolute atomic E-state index is 3.53. The molecule has 3 rings (SSSR count). The summed E-state index contributed by atoms with van der Waals surface area (Å²) in [5.74, 6) is 2.00. The van der Waals surface area contributed by atoms with Crippen LogP contribution in [0.3, 0.4) is 0 Å². The van der Waals surface area contributed by atoms with Gasteiger partial charge in [-0.1, -0.05) is 6.42 Å². The van der Waals surface area contributed by atoms with E-state index in [0.717, 1.165) is 17.9 Å². The molecule has 0 spiro atoms. The summed E-state index contributed by atoms with van der Waals surface area (Å²) in [5.41, 5.74) is 0. The Balaban J connectivity index is 1.79. The zero-order chi connectivity index (χ0) is 7.97. The molecule has 2 heteroatoms. The molecule has 0 aromatic heterocycles. The molecule has 3 aliphatic heterocycles. The van der Waals surface area contributed by atoms with Gasteiger partial charge >= 0.3 is 0 Å². The van der Waals surface area contributed by atoms with E-state index in [0.29, 0.717) is 0 Å². The van der Waals surface area contributed by atoms with Gasteiger partial charge in [-0.15, -0.1) is 0 Å². The average Bonchev–Trinajstić information content (AvgIpc) is 2.62. The Labute approximate surface area is 74.3 Å². The van der Waals surface area contributed by atoms with Gasteiger partial charge in [-0.2, -0.15) is 0 Å². The molecule has 0 aliphatic carbocycles. The van der Waals surface area contributed by atoms with Crippen molar-refractivity contribution in [2.45, 2.75) is 25.3 Å². The van der Waals surface area contributed by atoms with Crippen LogP contribution in [-0.2, 0) is 0 Å². The van der Waals surface area contributed by atoms with Gasteiger partial charge in [0.05, 0.1) is 0 Å². The van der Waals surface area contributed by atoms with Crippen molar-refractivity contribution in [2.24, 2.45) is 11.8 Å². The fraction of sp³-hybridized carbons (Fsp3) is 1.00. The van der Waals surface area contributed by atoms with Crippen LogP contribution in [-0.4, -0.2) is 37.1 Å². The Morgan fingerprint density at radius 2 is 2.17 bits per heavy atom. The summed E-state index contributed by atoms with van der Waals surface area (Å²) in [6, 6.07) is 0.957. The molecule has 0 bridgehead atoms. The Bertz CT molecular complexity index is 181. The predicted molar refractivity (Wildman–Crippen MR) is 49.1 cm³/mol. The largest absolute Gasteiger partial charge is 0.316 e. The van der Waals surface area contributed by atoms with Crippen LogP contribution >= 0.6 is 0 Å². The van der Waals surface area contributed by atoms with Gasteiger partial charge < -0.3 is 5.32 Å². The first kappa shape index (κ1) is 7.34. The highest BCUT2D eigenvalue weighted by atomic mass is 15.2. The number of hydrogen-bond acceptors (Lipinski definition) is 2. The Morgan fingerprint density at radius 3 is 3.17 bits per heavy atom. The summed E-state index contributed by atoms with van der Waals surface area (Å²) >= 11 is 0. The highest BCUT2D eigenvalue weighted by molar-refractivity contribution is 4.99. The summed E-state index contributed by atoms with van der Waals surface area (Å²) < 4.78 is 0. The van der Waals surface area contributed by atoms with E-state index in [9.17, 15) is 0 Å². The van der Waals surface area contributed by atoms with Gasteiger partial charge in [-0.25, -0.2) is 0 Å². The van der Waals surface area contributed by atoms with E-state index in [1.165, 1.54) is 45.4 Å². The molecule has 2 nitrogen and oxygen atoms in total. The fourth-order valence-corrected chi connectivity index (χ4v) is 3.43. The summed E-state index contributed by atoms with van der Waals surface area (Å²) in [5, 5.41) is 3.53. The Hall–Kier alpha value is -0.0800. The molecule has 12 heavy (non-hydrogen) atoms. The second kappa shape index (κ2) is 2.71. The molecule has 3 fully saturated rings. The van der Waals surface area contributed by atoms with Gasteiger partial charge in [0, 0.05) is 12.6 Å². The molecule has 0 aromatic rings. The van der Waals surface area contributed by atoms with Gasteiger partial charge in [-0.05, 0) is 44.3 Å². The van der Waals surface area contributed by atoms with Crippen molar-refractivity contribution in [1.29, 1.82) is 0 Å². The van der Waals surface area contributed by atoms with E-state index in [4.69, 9.17) is 0 Å². The van der Waals surface area contributed by atoms with Crippen LogP contribution in [0.4, 0.5) is 0 Å². The molecule has 0 aromatic carbocycles. The second-order valence-electron chi connectivity index (χ2n) is 4.64. The summed E-state index contributed by atoms with van der Waals surface area (Å²) in [6.07, 6.45) is 4.40. The van der Waals surface area contributed by atoms with Crippen LogP contribution in [0, 0.1) is 11.8 Å². The van der Waals surface area contributed by atoms with E-state index >= 15 is 0 Å². The third kappa shape index (κ3) is 0.944. The number of hydrogen-bond donors (Lipinski definition) is 1. The predicted octanol–water partition coefficient (Wildman–Crippen LogP) is 0.690. The van der Waals surface area contributed by atoms with Crippen LogP contribution in [0.5, 0.6) is 0 Å². The van der Waals surface area contributed by atoms with E-state index in [2.05, 4.69) is 10.2 Å². The van der Waals surface area contributed by atoms with E-state index < -0.39 is 0 Å². The quantitative estimate of drug-likeness (QED) is 0.569. The molecular weight excluding hydrogens is 148 g/mol. The molecule has 0 unspecified atom stereocenters. The third-order valence-electron chi connectivity index (χ3n) is 4.02. The topological polar surface area (TPSA) is 15.3 Å². The molecule has 3 heterocycles. The zero-order valence-corrected chi connectivity index (χ0v) is 7.63. The number of piperidine rings is 1. The van der Waals surface area contributed by atoms with Crippen molar-refractivity contribution in [3.05, 3.63) is 0 Å². The summed E-state index contributed by atoms with van der Waals surface area (Å²) in [6.45, 7) is 5.36. The second-order valence-corrected chi connectivity index (χ2v) is 4.64. The van der Waals surface area contributed by atoms with Crippen molar-refractivity contribution >= 4 is 0 Å². The lowest BCUT2D eigenvalue weighted by Gasteiger charge is -2.31. The highest BCUT2D eigenvalue weighted by Crippen LogP contribution is 2.37. The molecule has 68 valence electrons. The lowest BCUT2D eigenvalue weighted by Crippen LogP contribution is -2.39. The van der Waals surface area contributed by atoms with E-state index in [-0.39, 0.29) is 0 Å². The monoisotopic (exact) mass is 166 g/mol. The Kier molecular flexibility index (Phi) is 1.66. The molecule has 0 radical (unpaired) electrons. The van der Waals surface area contributed by atoms with Crippen molar-refractivity contribution in [2.75, 3.05) is 26.2 Å². The molecular formula is C10H18N2. The van der Waals surface area contributed by atoms with Crippen molar-refractivity contribution in [3.63, 3.8) is 0 Å². The lowest BCUT2D eigenvalue weighted by atomic mass is 9.90. The van der Waals surface area contributed by atoms with Crippen molar-refractivity contribution in [3.8, 4) is 0 Å². The van der Waals surface area contributed by atoms with Crippen molar-refractivity contribution in [1.82, 2.24) is 10.2 Å². The minimum atomic E-state index is 0.957. The van der Waals surface area contributed by atoms with Crippen molar-refractivity contribution < 1.29 is 0 Å². The summed E-state index contributed by atoms with van der Waals surface area (Å²) in [4.78, 5) is 2.75. The molecule has 0 amide bonds. The van der Waals surface area contributed by atoms with Gasteiger partial charge in [0.15, 0.2) is 0 Å². The highest BCUT2D eigenvalue weighted by Gasteiger charge is 2.44. The maximum atomic E-state index is 3.53. The first-order valence-corrected chi connectivity index (χ1v) is 5.40. The summed E-state index contributed by atoms with van der Waals surface area (Å²) in [7, 11) is 0. The van der Waals surface area contributed by atoms with E-state index in [1.54, 1.807) is 0 Å². The smallest absolute Gasteiger partial charge is 0.0139 e. The standard InChI is InChI=1S/C10H18N2/c1-2-4-12-7-8-5-11-6-9(8)10(12)3-1/h8-11H,1-7H2/t8-,9+,10-/m0/s1. The normalized spacial score (nSPS) is 47.5. The molecule has 3 atom stereocenters. The fourth-order valence-electron chi connectivity index (χ4n) is 3.43. The number of nitrogens with zero attached hydrogens (tertiary/aromatic N) is 1. The number of fused-ring (bicyclic) bond motifs is 3. The van der Waals surface area contributed by atoms with Crippen LogP contribution < -0.4 is 5.32 Å². The van der Waals surface area contributed by atoms with E-state index in [1.807, 2.05) is 0 Å². The van der Waals surface area contributed by atoms with Gasteiger partial charge in [0.25, 0.3) is 0 Å². The SMILES string of the molecule is C1CCN2C[C@@H]3CNC[C@H]3[C@@H]2C1. The van der Waals surface area contributed by atoms with Gasteiger partial charge in [0.2, 0.25) is 0 Å². The van der Waals surface area contributed by atoms with Crippen LogP contribution in [0.1, 0.15) is 19.3 Å². The minimum absolute atomic E-state index is 0.957. The molecule has 1 N–H and O–H groups in total.